The molecule has 0 aliphatic heterocycles. The zero-order valence-corrected chi connectivity index (χ0v) is 14.5. The molecule has 0 fully saturated rings. The van der Waals surface area contributed by atoms with E-state index < -0.39 is 11.9 Å². The van der Waals surface area contributed by atoms with Gasteiger partial charge < -0.3 is 21.1 Å². The fourth-order valence-electron chi connectivity index (χ4n) is 2.03. The predicted molar refractivity (Wildman–Crippen MR) is 77.8 cm³/mol. The molecule has 2 aromatic rings. The quantitative estimate of drug-likeness (QED) is 0.383. The van der Waals surface area contributed by atoms with Crippen LogP contribution in [0.25, 0.3) is 0 Å². The second kappa shape index (κ2) is 8.70. The number of nitrogens with two attached hydrogens (primary N) is 1. The average molecular weight is 309 g/mol. The summed E-state index contributed by atoms with van der Waals surface area (Å²) in [6.07, 6.45) is 0. The van der Waals surface area contributed by atoms with Gasteiger partial charge in [0.1, 0.15) is 0 Å². The first-order valence-corrected chi connectivity index (χ1v) is 6.21. The molecular formula is C16H16NNaO4. The number of aliphatic carboxylic acids is 1. The van der Waals surface area contributed by atoms with E-state index in [2.05, 4.69) is 0 Å². The van der Waals surface area contributed by atoms with Crippen LogP contribution in [-0.2, 0) is 4.79 Å². The first-order valence-electron chi connectivity index (χ1n) is 6.21. The zero-order valence-electron chi connectivity index (χ0n) is 12.5. The van der Waals surface area contributed by atoms with Gasteiger partial charge in [-0.25, -0.2) is 0 Å². The Balaban J connectivity index is 0.00000220. The van der Waals surface area contributed by atoms with E-state index in [1.54, 1.807) is 42.5 Å². The molecule has 0 heterocycles. The summed E-state index contributed by atoms with van der Waals surface area (Å²) >= 11 is 0. The summed E-state index contributed by atoms with van der Waals surface area (Å²) in [4.78, 5) is 23.3. The van der Waals surface area contributed by atoms with E-state index in [-0.39, 0.29) is 46.5 Å². The Hall–Kier alpha value is -1.66. The number of carbonyl (C=O) groups is 2. The molecule has 0 radical (unpaired) electrons. The summed E-state index contributed by atoms with van der Waals surface area (Å²) in [6, 6.07) is 13.5. The number of carboxylic acid groups (broad SMARTS) is 1. The number of carboxylic acids is 1. The number of anilines is 1. The monoisotopic (exact) mass is 309 g/mol. The molecule has 6 heteroatoms. The zero-order chi connectivity index (χ0) is 14.7. The maximum atomic E-state index is 12.4. The fraction of sp³-hybridized carbons (Fsp3) is 0.125. The Bertz CT molecular complexity index is 658. The topological polar surface area (TPSA) is 115 Å². The third kappa shape index (κ3) is 4.18. The van der Waals surface area contributed by atoms with Crippen molar-refractivity contribution in [2.24, 2.45) is 0 Å². The second-order valence-corrected chi connectivity index (χ2v) is 4.54. The molecule has 22 heavy (non-hydrogen) atoms. The molecule has 0 aliphatic rings. The van der Waals surface area contributed by atoms with Crippen molar-refractivity contribution in [3.05, 3.63) is 65.2 Å². The molecule has 4 N–H and O–H groups in total. The minimum absolute atomic E-state index is 0. The molecular weight excluding hydrogens is 293 g/mol. The van der Waals surface area contributed by atoms with E-state index in [0.717, 1.165) is 0 Å². The van der Waals surface area contributed by atoms with E-state index in [0.29, 0.717) is 16.7 Å². The van der Waals surface area contributed by atoms with Gasteiger partial charge in [0.05, 0.1) is 0 Å². The van der Waals surface area contributed by atoms with E-state index in [1.165, 1.54) is 6.92 Å². The van der Waals surface area contributed by atoms with Crippen molar-refractivity contribution >= 4 is 17.4 Å². The Morgan fingerprint density at radius 2 is 1.64 bits per heavy atom. The van der Waals surface area contributed by atoms with Crippen molar-refractivity contribution in [2.75, 3.05) is 5.73 Å². The first kappa shape index (κ1) is 20.3. The SMILES string of the molecule is CC(C(=O)[O-])c1cccc(C(=O)c2ccccc2)c1N.O.[Na+]. The van der Waals surface area contributed by atoms with Gasteiger partial charge in [0.15, 0.2) is 5.78 Å². The third-order valence-corrected chi connectivity index (χ3v) is 3.24. The van der Waals surface area contributed by atoms with Gasteiger partial charge in [-0.3, -0.25) is 4.79 Å². The Morgan fingerprint density at radius 1 is 1.05 bits per heavy atom. The number of ketones is 1. The standard InChI is InChI=1S/C16H15NO3.Na.H2O/c1-10(16(19)20)12-8-5-9-13(14(12)17)15(18)11-6-3-2-4-7-11;;/h2-10H,17H2,1H3,(H,19,20);;1H2/q;+1;/p-1. The predicted octanol–water partition coefficient (Wildman–Crippen LogP) is -2.47. The van der Waals surface area contributed by atoms with Crippen molar-refractivity contribution in [3.63, 3.8) is 0 Å². The average Bonchev–Trinajstić information content (AvgIpc) is 2.47. The largest absolute Gasteiger partial charge is 1.00 e. The summed E-state index contributed by atoms with van der Waals surface area (Å²) < 4.78 is 0. The van der Waals surface area contributed by atoms with Crippen LogP contribution >= 0.6 is 0 Å². The molecule has 0 amide bonds. The molecule has 0 bridgehead atoms. The van der Waals surface area contributed by atoms with E-state index in [9.17, 15) is 14.7 Å². The molecule has 0 aliphatic carbocycles. The smallest absolute Gasteiger partial charge is 0.550 e. The molecule has 0 aromatic heterocycles. The number of benzene rings is 2. The van der Waals surface area contributed by atoms with Gasteiger partial charge >= 0.3 is 29.6 Å². The van der Waals surface area contributed by atoms with Gasteiger partial charge in [-0.2, -0.15) is 0 Å². The number of hydrogen-bond acceptors (Lipinski definition) is 4. The Kier molecular flexibility index (Phi) is 8.05. The van der Waals surface area contributed by atoms with Crippen molar-refractivity contribution in [1.29, 1.82) is 0 Å². The van der Waals surface area contributed by atoms with E-state index in [4.69, 9.17) is 5.73 Å². The third-order valence-electron chi connectivity index (χ3n) is 3.24. The van der Waals surface area contributed by atoms with Crippen LogP contribution in [0.4, 0.5) is 5.69 Å². The Morgan fingerprint density at radius 3 is 2.18 bits per heavy atom. The number of nitrogen functional groups attached to an aromatic ring is 1. The molecule has 2 aromatic carbocycles. The fourth-order valence-corrected chi connectivity index (χ4v) is 2.03. The number of para-hydroxylation sites is 1. The van der Waals surface area contributed by atoms with Crippen molar-refractivity contribution in [2.45, 2.75) is 12.8 Å². The van der Waals surface area contributed by atoms with Gasteiger partial charge in [-0.15, -0.1) is 0 Å². The molecule has 0 saturated carbocycles. The van der Waals surface area contributed by atoms with Gasteiger partial charge in [-0.1, -0.05) is 49.4 Å². The van der Waals surface area contributed by atoms with Crippen molar-refractivity contribution in [1.82, 2.24) is 0 Å². The molecule has 5 nitrogen and oxygen atoms in total. The van der Waals surface area contributed by atoms with E-state index in [1.807, 2.05) is 6.07 Å². The van der Waals surface area contributed by atoms with Crippen LogP contribution in [0.3, 0.4) is 0 Å². The minimum atomic E-state index is -1.22. The van der Waals surface area contributed by atoms with Gasteiger partial charge in [-0.05, 0) is 11.6 Å². The molecule has 0 saturated heterocycles. The molecule has 110 valence electrons. The maximum absolute atomic E-state index is 12.4. The summed E-state index contributed by atoms with van der Waals surface area (Å²) in [6.45, 7) is 1.48. The van der Waals surface area contributed by atoms with Crippen LogP contribution in [0, 0.1) is 0 Å². The first-order chi connectivity index (χ1) is 9.52. The molecule has 2 rings (SSSR count). The molecule has 1 atom stereocenters. The van der Waals surface area contributed by atoms with E-state index >= 15 is 0 Å². The maximum Gasteiger partial charge on any atom is 1.00 e. The second-order valence-electron chi connectivity index (χ2n) is 4.54. The molecule has 0 spiro atoms. The number of rotatable bonds is 4. The number of hydrogen-bond donors (Lipinski definition) is 1. The minimum Gasteiger partial charge on any atom is -0.550 e. The van der Waals surface area contributed by atoms with Crippen molar-refractivity contribution in [3.8, 4) is 0 Å². The van der Waals surface area contributed by atoms with Crippen LogP contribution in [0.5, 0.6) is 0 Å². The van der Waals surface area contributed by atoms with Crippen LogP contribution in [0.2, 0.25) is 0 Å². The summed E-state index contributed by atoms with van der Waals surface area (Å²) in [5.41, 5.74) is 7.35. The van der Waals surface area contributed by atoms with Gasteiger partial charge in [0, 0.05) is 28.7 Å². The summed E-state index contributed by atoms with van der Waals surface area (Å²) in [5, 5.41) is 11.0. The summed E-state index contributed by atoms with van der Waals surface area (Å²) in [7, 11) is 0. The number of carbonyl (C=O) groups excluding carboxylic acids is 2. The normalized spacial score (nSPS) is 10.8. The van der Waals surface area contributed by atoms with Crippen molar-refractivity contribution < 1.29 is 49.7 Å². The Labute approximate surface area is 150 Å². The summed E-state index contributed by atoms with van der Waals surface area (Å²) in [5.74, 6) is -2.31. The van der Waals surface area contributed by atoms with Gasteiger partial charge in [0.2, 0.25) is 0 Å². The van der Waals surface area contributed by atoms with Crippen LogP contribution in [0.15, 0.2) is 48.5 Å². The van der Waals surface area contributed by atoms with Crippen LogP contribution in [-0.4, -0.2) is 17.2 Å². The van der Waals surface area contributed by atoms with Gasteiger partial charge in [0.25, 0.3) is 0 Å². The molecule has 1 unspecified atom stereocenters. The van der Waals surface area contributed by atoms with Crippen LogP contribution < -0.4 is 40.4 Å². The van der Waals surface area contributed by atoms with Crippen LogP contribution in [0.1, 0.15) is 34.3 Å².